The van der Waals surface area contributed by atoms with Crippen LogP contribution in [0.2, 0.25) is 0 Å². The van der Waals surface area contributed by atoms with Gasteiger partial charge in [-0.1, -0.05) is 18.2 Å². The number of nitrogens with zero attached hydrogens (tertiary/aromatic N) is 1. The van der Waals surface area contributed by atoms with Gasteiger partial charge < -0.3 is 10.1 Å². The summed E-state index contributed by atoms with van der Waals surface area (Å²) in [5.74, 6) is 0.888. The predicted molar refractivity (Wildman–Crippen MR) is 72.5 cm³/mol. The maximum Gasteiger partial charge on any atom is 0.118 e. The third-order valence-corrected chi connectivity index (χ3v) is 2.77. The second-order valence-corrected chi connectivity index (χ2v) is 4.28. The van der Waals surface area contributed by atoms with Crippen LogP contribution in [-0.2, 0) is 13.1 Å². The average molecular weight is 242 g/mol. The summed E-state index contributed by atoms with van der Waals surface area (Å²) in [4.78, 5) is 4.35. The molecule has 1 aromatic carbocycles. The Hall–Kier alpha value is -1.87. The van der Waals surface area contributed by atoms with E-state index in [1.807, 2.05) is 25.3 Å². The molecule has 3 heteroatoms. The van der Waals surface area contributed by atoms with Gasteiger partial charge in [-0.3, -0.25) is 4.98 Å². The molecule has 18 heavy (non-hydrogen) atoms. The van der Waals surface area contributed by atoms with Crippen molar-refractivity contribution in [3.05, 3.63) is 59.4 Å². The van der Waals surface area contributed by atoms with Gasteiger partial charge in [0.25, 0.3) is 0 Å². The van der Waals surface area contributed by atoms with Crippen molar-refractivity contribution in [1.82, 2.24) is 10.3 Å². The van der Waals surface area contributed by atoms with Gasteiger partial charge in [0.15, 0.2) is 0 Å². The topological polar surface area (TPSA) is 34.1 Å². The van der Waals surface area contributed by atoms with Crippen LogP contribution < -0.4 is 10.1 Å². The highest BCUT2D eigenvalue weighted by molar-refractivity contribution is 5.27. The van der Waals surface area contributed by atoms with Crippen LogP contribution in [0.15, 0.2) is 42.6 Å². The quantitative estimate of drug-likeness (QED) is 0.875. The lowest BCUT2D eigenvalue weighted by atomic mass is 10.2. The Bertz CT molecular complexity index is 477. The van der Waals surface area contributed by atoms with E-state index in [4.69, 9.17) is 4.74 Å². The minimum atomic E-state index is 0.784. The van der Waals surface area contributed by atoms with E-state index in [-0.39, 0.29) is 0 Å². The minimum absolute atomic E-state index is 0.784. The Balaban J connectivity index is 1.82. The minimum Gasteiger partial charge on any atom is -0.497 e. The zero-order valence-electron chi connectivity index (χ0n) is 10.8. The molecule has 2 aromatic rings. The van der Waals surface area contributed by atoms with Gasteiger partial charge in [-0.25, -0.2) is 0 Å². The highest BCUT2D eigenvalue weighted by atomic mass is 16.5. The third kappa shape index (κ3) is 3.57. The molecule has 0 saturated carbocycles. The van der Waals surface area contributed by atoms with Crippen molar-refractivity contribution in [3.8, 4) is 5.75 Å². The molecular formula is C15H18N2O. The lowest BCUT2D eigenvalue weighted by Crippen LogP contribution is -2.13. The number of methoxy groups -OCH3 is 1. The van der Waals surface area contributed by atoms with Gasteiger partial charge in [0.05, 0.1) is 12.8 Å². The number of hydrogen-bond acceptors (Lipinski definition) is 3. The third-order valence-electron chi connectivity index (χ3n) is 2.77. The summed E-state index contributed by atoms with van der Waals surface area (Å²) in [6, 6.07) is 12.2. The standard InChI is InChI=1S/C15H18N2O/c1-12-3-6-14(17-9-12)11-16-10-13-4-7-15(18-2)8-5-13/h3-9,16H,10-11H2,1-2H3. The van der Waals surface area contributed by atoms with Gasteiger partial charge in [-0.15, -0.1) is 0 Å². The van der Waals surface area contributed by atoms with Gasteiger partial charge in [0.1, 0.15) is 5.75 Å². The second kappa shape index (κ2) is 6.17. The van der Waals surface area contributed by atoms with Gasteiger partial charge in [-0.05, 0) is 36.2 Å². The highest BCUT2D eigenvalue weighted by Crippen LogP contribution is 2.11. The van der Waals surface area contributed by atoms with Crippen molar-refractivity contribution in [2.24, 2.45) is 0 Å². The van der Waals surface area contributed by atoms with Crippen molar-refractivity contribution < 1.29 is 4.74 Å². The summed E-state index contributed by atoms with van der Waals surface area (Å²) in [7, 11) is 1.68. The first-order chi connectivity index (χ1) is 8.78. The van der Waals surface area contributed by atoms with Crippen LogP contribution in [0, 0.1) is 6.92 Å². The van der Waals surface area contributed by atoms with E-state index in [2.05, 4.69) is 34.6 Å². The first kappa shape index (κ1) is 12.6. The van der Waals surface area contributed by atoms with E-state index in [0.717, 1.165) is 24.5 Å². The van der Waals surface area contributed by atoms with Crippen molar-refractivity contribution in [1.29, 1.82) is 0 Å². The molecule has 2 rings (SSSR count). The van der Waals surface area contributed by atoms with Crippen LogP contribution in [0.25, 0.3) is 0 Å². The number of rotatable bonds is 5. The number of aromatic nitrogens is 1. The molecule has 0 aliphatic rings. The molecule has 0 fully saturated rings. The number of aryl methyl sites for hydroxylation is 1. The van der Waals surface area contributed by atoms with Gasteiger partial charge >= 0.3 is 0 Å². The molecule has 0 atom stereocenters. The molecule has 0 radical (unpaired) electrons. The molecule has 0 spiro atoms. The molecule has 0 saturated heterocycles. The predicted octanol–water partition coefficient (Wildman–Crippen LogP) is 2.69. The normalized spacial score (nSPS) is 10.3. The smallest absolute Gasteiger partial charge is 0.118 e. The Morgan fingerprint density at radius 1 is 1.06 bits per heavy atom. The fourth-order valence-electron chi connectivity index (χ4n) is 1.68. The zero-order chi connectivity index (χ0) is 12.8. The first-order valence-corrected chi connectivity index (χ1v) is 6.03. The molecule has 1 N–H and O–H groups in total. The molecular weight excluding hydrogens is 224 g/mol. The Morgan fingerprint density at radius 3 is 2.44 bits per heavy atom. The van der Waals surface area contributed by atoms with Gasteiger partial charge in [0, 0.05) is 19.3 Å². The molecule has 94 valence electrons. The molecule has 0 bridgehead atoms. The number of pyridine rings is 1. The van der Waals surface area contributed by atoms with E-state index in [1.54, 1.807) is 7.11 Å². The summed E-state index contributed by atoms with van der Waals surface area (Å²) in [6.45, 7) is 3.66. The fourth-order valence-corrected chi connectivity index (χ4v) is 1.68. The molecule has 0 unspecified atom stereocenters. The van der Waals surface area contributed by atoms with Crippen LogP contribution in [0.1, 0.15) is 16.8 Å². The Kier molecular flexibility index (Phi) is 4.31. The maximum absolute atomic E-state index is 5.12. The second-order valence-electron chi connectivity index (χ2n) is 4.28. The Morgan fingerprint density at radius 2 is 1.83 bits per heavy atom. The van der Waals surface area contributed by atoms with Gasteiger partial charge in [-0.2, -0.15) is 0 Å². The number of ether oxygens (including phenoxy) is 1. The molecule has 0 aliphatic carbocycles. The number of benzene rings is 1. The van der Waals surface area contributed by atoms with Crippen LogP contribution in [0.5, 0.6) is 5.75 Å². The largest absolute Gasteiger partial charge is 0.497 e. The van der Waals surface area contributed by atoms with Crippen LogP contribution in [0.3, 0.4) is 0 Å². The summed E-state index contributed by atoms with van der Waals surface area (Å²) >= 11 is 0. The van der Waals surface area contributed by atoms with Crippen LogP contribution in [-0.4, -0.2) is 12.1 Å². The van der Waals surface area contributed by atoms with E-state index in [1.165, 1.54) is 11.1 Å². The van der Waals surface area contributed by atoms with Crippen molar-refractivity contribution in [2.45, 2.75) is 20.0 Å². The number of hydrogen-bond donors (Lipinski definition) is 1. The van der Waals surface area contributed by atoms with Crippen molar-refractivity contribution in [2.75, 3.05) is 7.11 Å². The molecule has 1 heterocycles. The van der Waals surface area contributed by atoms with E-state index in [0.29, 0.717) is 0 Å². The van der Waals surface area contributed by atoms with Crippen molar-refractivity contribution in [3.63, 3.8) is 0 Å². The van der Waals surface area contributed by atoms with Crippen molar-refractivity contribution >= 4 is 0 Å². The summed E-state index contributed by atoms with van der Waals surface area (Å²) in [6.07, 6.45) is 1.89. The highest BCUT2D eigenvalue weighted by Gasteiger charge is 1.96. The first-order valence-electron chi connectivity index (χ1n) is 6.03. The lowest BCUT2D eigenvalue weighted by molar-refractivity contribution is 0.414. The van der Waals surface area contributed by atoms with Gasteiger partial charge in [0.2, 0.25) is 0 Å². The van der Waals surface area contributed by atoms with E-state index in [9.17, 15) is 0 Å². The van der Waals surface area contributed by atoms with E-state index >= 15 is 0 Å². The van der Waals surface area contributed by atoms with E-state index < -0.39 is 0 Å². The lowest BCUT2D eigenvalue weighted by Gasteiger charge is -2.06. The summed E-state index contributed by atoms with van der Waals surface area (Å²) in [5, 5.41) is 3.37. The summed E-state index contributed by atoms with van der Waals surface area (Å²) in [5.41, 5.74) is 3.49. The molecule has 3 nitrogen and oxygen atoms in total. The zero-order valence-corrected chi connectivity index (χ0v) is 10.8. The average Bonchev–Trinajstić information content (AvgIpc) is 2.42. The maximum atomic E-state index is 5.12. The molecule has 0 aliphatic heterocycles. The number of nitrogens with one attached hydrogen (secondary N) is 1. The molecule has 1 aromatic heterocycles. The Labute approximate surface area is 108 Å². The van der Waals surface area contributed by atoms with Crippen LogP contribution in [0.4, 0.5) is 0 Å². The summed E-state index contributed by atoms with van der Waals surface area (Å²) < 4.78 is 5.12. The monoisotopic (exact) mass is 242 g/mol. The van der Waals surface area contributed by atoms with Crippen LogP contribution >= 0.6 is 0 Å². The molecule has 0 amide bonds. The fraction of sp³-hybridized carbons (Fsp3) is 0.267. The SMILES string of the molecule is COc1ccc(CNCc2ccc(C)cn2)cc1.